The first-order valence-electron chi connectivity index (χ1n) is 10.1. The van der Waals surface area contributed by atoms with Gasteiger partial charge in [-0.2, -0.15) is 0 Å². The summed E-state index contributed by atoms with van der Waals surface area (Å²) in [5, 5.41) is 13.3. The third-order valence-corrected chi connectivity index (χ3v) is 11.2. The number of carboxylic acid groups (broad SMARTS) is 1. The van der Waals surface area contributed by atoms with Gasteiger partial charge in [-0.1, -0.05) is 0 Å². The third kappa shape index (κ3) is 4.58. The summed E-state index contributed by atoms with van der Waals surface area (Å²) in [6.45, 7) is 0. The van der Waals surface area contributed by atoms with Gasteiger partial charge in [-0.15, -0.1) is 0 Å². The van der Waals surface area contributed by atoms with Gasteiger partial charge in [0.25, 0.3) is 0 Å². The first-order chi connectivity index (χ1) is 14.1. The van der Waals surface area contributed by atoms with Crippen molar-refractivity contribution in [1.82, 2.24) is 4.90 Å². The monoisotopic (exact) mass is 407 g/mol. The van der Waals surface area contributed by atoms with Crippen LogP contribution < -0.4 is 15.9 Å². The number of rotatable bonds is 9. The molecule has 1 unspecified atom stereocenters. The summed E-state index contributed by atoms with van der Waals surface area (Å²) < 4.78 is 0. The Morgan fingerprint density at radius 2 is 1.17 bits per heavy atom. The van der Waals surface area contributed by atoms with Crippen LogP contribution in [-0.2, 0) is 4.79 Å². The van der Waals surface area contributed by atoms with E-state index in [1.807, 2.05) is 0 Å². The summed E-state index contributed by atoms with van der Waals surface area (Å²) in [7, 11) is 1.80. The van der Waals surface area contributed by atoms with Gasteiger partial charge in [0, 0.05) is 0 Å². The molecule has 4 heteroatoms. The summed E-state index contributed by atoms with van der Waals surface area (Å²) in [5.74, 6) is -0.497. The second kappa shape index (κ2) is 9.82. The van der Waals surface area contributed by atoms with Crippen molar-refractivity contribution in [2.24, 2.45) is 0 Å². The molecule has 29 heavy (non-hydrogen) atoms. The molecule has 1 atom stereocenters. The van der Waals surface area contributed by atoms with Crippen LogP contribution in [0.4, 0.5) is 0 Å². The zero-order valence-electron chi connectivity index (χ0n) is 17.2. The van der Waals surface area contributed by atoms with Gasteiger partial charge < -0.3 is 0 Å². The molecule has 0 fully saturated rings. The predicted octanol–water partition coefficient (Wildman–Crippen LogP) is 3.86. The average molecular weight is 407 g/mol. The SMILES string of the molecule is CN(C)C(CCCC(=O)O)[PH](c1ccccc1)(c1ccccc1)c1ccccc1. The Hall–Kier alpha value is -2.48. The minimum atomic E-state index is -2.46. The molecule has 0 spiro atoms. The van der Waals surface area contributed by atoms with Crippen LogP contribution in [-0.4, -0.2) is 35.9 Å². The molecule has 0 heterocycles. The first kappa shape index (κ1) is 21.2. The van der Waals surface area contributed by atoms with Gasteiger partial charge >= 0.3 is 174 Å². The van der Waals surface area contributed by atoms with Gasteiger partial charge in [0.1, 0.15) is 0 Å². The Balaban J connectivity index is 2.27. The quantitative estimate of drug-likeness (QED) is 0.548. The Bertz CT molecular complexity index is 801. The molecule has 3 aromatic rings. The zero-order chi connectivity index (χ0) is 20.7. The maximum atomic E-state index is 11.2. The second-order valence-electron chi connectivity index (χ2n) is 7.67. The average Bonchev–Trinajstić information content (AvgIpc) is 2.75. The molecule has 0 aliphatic rings. The fourth-order valence-corrected chi connectivity index (χ4v) is 10.2. The van der Waals surface area contributed by atoms with Crippen LogP contribution in [0.25, 0.3) is 0 Å². The van der Waals surface area contributed by atoms with E-state index in [9.17, 15) is 9.90 Å². The van der Waals surface area contributed by atoms with Crippen LogP contribution in [0.5, 0.6) is 0 Å². The van der Waals surface area contributed by atoms with E-state index in [1.54, 1.807) is 0 Å². The molecule has 3 rings (SSSR count). The van der Waals surface area contributed by atoms with E-state index in [0.717, 1.165) is 6.42 Å². The molecule has 1 N–H and O–H groups in total. The summed E-state index contributed by atoms with van der Waals surface area (Å²) >= 11 is 0. The molecule has 0 bridgehead atoms. The van der Waals surface area contributed by atoms with Crippen LogP contribution in [0.2, 0.25) is 0 Å². The van der Waals surface area contributed by atoms with Crippen LogP contribution in [0.15, 0.2) is 91.0 Å². The number of carbonyl (C=O) groups is 1. The van der Waals surface area contributed by atoms with E-state index in [1.165, 1.54) is 15.9 Å². The predicted molar refractivity (Wildman–Crippen MR) is 126 cm³/mol. The topological polar surface area (TPSA) is 40.5 Å². The first-order valence-corrected chi connectivity index (χ1v) is 12.2. The Kier molecular flexibility index (Phi) is 7.19. The van der Waals surface area contributed by atoms with E-state index in [-0.39, 0.29) is 12.2 Å². The molecule has 0 aliphatic heterocycles. The Labute approximate surface area is 174 Å². The van der Waals surface area contributed by atoms with Crippen molar-refractivity contribution in [2.45, 2.75) is 25.0 Å². The zero-order valence-corrected chi connectivity index (χ0v) is 18.2. The van der Waals surface area contributed by atoms with Gasteiger partial charge in [-0.3, -0.25) is 0 Å². The summed E-state index contributed by atoms with van der Waals surface area (Å²) in [5.41, 5.74) is 0. The Morgan fingerprint density at radius 1 is 0.793 bits per heavy atom. The molecule has 152 valence electrons. The summed E-state index contributed by atoms with van der Waals surface area (Å²) in [4.78, 5) is 13.5. The fraction of sp³-hybridized carbons (Fsp3) is 0.240. The standard InChI is InChI=1S/C25H30NO2P/c1-26(2)24(19-12-20-25(27)28)29(21-13-6-3-7-14-21,22-15-8-4-9-16-22)23-17-10-5-11-18-23/h3-11,13-18,24,29H,12,19-20H2,1-2H3,(H,27,28). The molecule has 0 saturated carbocycles. The normalized spacial score (nSPS) is 13.2. The number of benzene rings is 3. The molecular weight excluding hydrogens is 377 g/mol. The van der Waals surface area contributed by atoms with Crippen LogP contribution in [0.1, 0.15) is 19.3 Å². The van der Waals surface area contributed by atoms with Crippen LogP contribution in [0.3, 0.4) is 0 Å². The van der Waals surface area contributed by atoms with E-state index in [0.29, 0.717) is 6.42 Å². The molecular formula is C25H30NO2P. The number of hydrogen-bond donors (Lipinski definition) is 1. The van der Waals surface area contributed by atoms with E-state index >= 15 is 0 Å². The van der Waals surface area contributed by atoms with Crippen LogP contribution >= 0.6 is 7.26 Å². The third-order valence-electron chi connectivity index (χ3n) is 5.68. The second-order valence-corrected chi connectivity index (χ2v) is 11.7. The van der Waals surface area contributed by atoms with Crippen molar-refractivity contribution in [3.63, 3.8) is 0 Å². The molecule has 0 aliphatic carbocycles. The van der Waals surface area contributed by atoms with Crippen LogP contribution in [0, 0.1) is 0 Å². The van der Waals surface area contributed by atoms with Crippen molar-refractivity contribution in [1.29, 1.82) is 0 Å². The molecule has 0 aromatic heterocycles. The van der Waals surface area contributed by atoms with E-state index < -0.39 is 13.2 Å². The summed E-state index contributed by atoms with van der Waals surface area (Å²) in [6.07, 6.45) is 1.71. The van der Waals surface area contributed by atoms with Gasteiger partial charge in [0.2, 0.25) is 0 Å². The Morgan fingerprint density at radius 3 is 1.48 bits per heavy atom. The molecule has 0 amide bonds. The van der Waals surface area contributed by atoms with Gasteiger partial charge in [-0.25, -0.2) is 0 Å². The molecule has 3 aromatic carbocycles. The van der Waals surface area contributed by atoms with E-state index in [2.05, 4.69) is 110 Å². The minimum absolute atomic E-state index is 0.202. The molecule has 3 nitrogen and oxygen atoms in total. The van der Waals surface area contributed by atoms with Crippen molar-refractivity contribution in [3.05, 3.63) is 91.0 Å². The maximum absolute atomic E-state index is 11.2. The number of carboxylic acids is 1. The van der Waals surface area contributed by atoms with E-state index in [4.69, 9.17) is 0 Å². The number of nitrogens with zero attached hydrogens (tertiary/aromatic N) is 1. The number of hydrogen-bond acceptors (Lipinski definition) is 2. The fourth-order valence-electron chi connectivity index (χ4n) is 4.49. The van der Waals surface area contributed by atoms with Gasteiger partial charge in [0.15, 0.2) is 0 Å². The van der Waals surface area contributed by atoms with Crippen molar-refractivity contribution in [2.75, 3.05) is 14.1 Å². The van der Waals surface area contributed by atoms with Gasteiger partial charge in [-0.05, 0) is 0 Å². The van der Waals surface area contributed by atoms with Crippen molar-refractivity contribution in [3.8, 4) is 0 Å². The van der Waals surface area contributed by atoms with Gasteiger partial charge in [0.05, 0.1) is 0 Å². The van der Waals surface area contributed by atoms with Crippen molar-refractivity contribution < 1.29 is 9.90 Å². The molecule has 0 saturated heterocycles. The van der Waals surface area contributed by atoms with Crippen molar-refractivity contribution >= 4 is 29.1 Å². The number of aliphatic carboxylic acids is 1. The summed E-state index contributed by atoms with van der Waals surface area (Å²) in [6, 6.07) is 32.4. The molecule has 0 radical (unpaired) electrons.